The molecule has 0 bridgehead atoms. The van der Waals surface area contributed by atoms with Crippen LogP contribution in [0, 0.1) is 10.1 Å². The smallest absolute Gasteiger partial charge is 0.243 e. The summed E-state index contributed by atoms with van der Waals surface area (Å²) in [6.07, 6.45) is 3.41. The van der Waals surface area contributed by atoms with Gasteiger partial charge in [-0.25, -0.2) is 0 Å². The summed E-state index contributed by atoms with van der Waals surface area (Å²) < 4.78 is 0. The number of hydrogen-bond acceptors (Lipinski definition) is 3. The van der Waals surface area contributed by atoms with E-state index in [4.69, 9.17) is 0 Å². The second-order valence-corrected chi connectivity index (χ2v) is 5.32. The predicted molar refractivity (Wildman–Crippen MR) is 76.7 cm³/mol. The normalized spacial score (nSPS) is 19.7. The molecule has 2 rings (SSSR count). The Morgan fingerprint density at radius 3 is 2.58 bits per heavy atom. The van der Waals surface area contributed by atoms with Gasteiger partial charge in [-0.3, -0.25) is 10.1 Å². The molecule has 0 fully saturated rings. The van der Waals surface area contributed by atoms with Crippen LogP contribution in [0.15, 0.2) is 47.8 Å². The monoisotopic (exact) mass is 258 g/mol. The zero-order valence-corrected chi connectivity index (χ0v) is 11.7. The Balaban J connectivity index is 2.48. The van der Waals surface area contributed by atoms with E-state index in [1.165, 1.54) is 12.5 Å². The number of nitrogens with zero attached hydrogens (tertiary/aromatic N) is 2. The molecule has 0 aromatic heterocycles. The van der Waals surface area contributed by atoms with Gasteiger partial charge >= 0.3 is 0 Å². The lowest BCUT2D eigenvalue weighted by molar-refractivity contribution is -0.424. The number of likely N-dealkylation sites (N-methyl/N-ethyl adjacent to an activating group) is 1. The standard InChI is InChI=1S/C15H18N2O2/c1-11(17(18)19)9-10-14-15(2,3)12-7-5-6-8-13(12)16(14)4/h5-10H,1-4H3/b11-9+,14-10+. The summed E-state index contributed by atoms with van der Waals surface area (Å²) in [5, 5.41) is 10.7. The average molecular weight is 258 g/mol. The Morgan fingerprint density at radius 2 is 2.00 bits per heavy atom. The molecule has 0 unspecified atom stereocenters. The van der Waals surface area contributed by atoms with E-state index in [-0.39, 0.29) is 16.0 Å². The first-order valence-corrected chi connectivity index (χ1v) is 6.22. The van der Waals surface area contributed by atoms with Crippen molar-refractivity contribution in [1.82, 2.24) is 0 Å². The highest BCUT2D eigenvalue weighted by Crippen LogP contribution is 2.46. The minimum absolute atomic E-state index is 0.140. The van der Waals surface area contributed by atoms with Gasteiger partial charge in [0, 0.05) is 36.8 Å². The van der Waals surface area contributed by atoms with Gasteiger partial charge in [-0.1, -0.05) is 32.0 Å². The van der Waals surface area contributed by atoms with Crippen LogP contribution in [0.4, 0.5) is 5.69 Å². The van der Waals surface area contributed by atoms with Crippen LogP contribution in [0.5, 0.6) is 0 Å². The molecule has 0 amide bonds. The van der Waals surface area contributed by atoms with Crippen LogP contribution in [0.3, 0.4) is 0 Å². The Labute approximate surface area is 113 Å². The number of fused-ring (bicyclic) bond motifs is 1. The zero-order chi connectivity index (χ0) is 14.2. The second-order valence-electron chi connectivity index (χ2n) is 5.32. The molecule has 1 aliphatic rings. The molecule has 1 aromatic carbocycles. The van der Waals surface area contributed by atoms with Crippen LogP contribution in [0.1, 0.15) is 26.3 Å². The van der Waals surface area contributed by atoms with Crippen molar-refractivity contribution in [2.75, 3.05) is 11.9 Å². The molecule has 0 atom stereocenters. The van der Waals surface area contributed by atoms with Crippen LogP contribution in [0.2, 0.25) is 0 Å². The van der Waals surface area contributed by atoms with E-state index in [9.17, 15) is 10.1 Å². The number of hydrogen-bond donors (Lipinski definition) is 0. The van der Waals surface area contributed by atoms with Gasteiger partial charge in [0.2, 0.25) is 5.70 Å². The van der Waals surface area contributed by atoms with Gasteiger partial charge in [0.15, 0.2) is 0 Å². The lowest BCUT2D eigenvalue weighted by Crippen LogP contribution is -2.22. The van der Waals surface area contributed by atoms with Gasteiger partial charge in [0.1, 0.15) is 0 Å². The summed E-state index contributed by atoms with van der Waals surface area (Å²) in [6, 6.07) is 8.21. The summed E-state index contributed by atoms with van der Waals surface area (Å²) in [7, 11) is 1.99. The molecule has 0 saturated carbocycles. The highest BCUT2D eigenvalue weighted by Gasteiger charge is 2.37. The molecule has 1 aromatic rings. The molecule has 0 spiro atoms. The topological polar surface area (TPSA) is 46.4 Å². The van der Waals surface area contributed by atoms with Gasteiger partial charge in [0.05, 0.1) is 4.92 Å². The molecule has 100 valence electrons. The lowest BCUT2D eigenvalue weighted by Gasteiger charge is -2.23. The van der Waals surface area contributed by atoms with Crippen molar-refractivity contribution in [3.05, 3.63) is 63.5 Å². The van der Waals surface area contributed by atoms with Crippen molar-refractivity contribution in [2.45, 2.75) is 26.2 Å². The average Bonchev–Trinajstić information content (AvgIpc) is 2.56. The van der Waals surface area contributed by atoms with E-state index in [0.29, 0.717) is 0 Å². The zero-order valence-electron chi connectivity index (χ0n) is 11.7. The summed E-state index contributed by atoms with van der Waals surface area (Å²) in [5.41, 5.74) is 3.47. The van der Waals surface area contributed by atoms with Gasteiger partial charge in [-0.05, 0) is 17.7 Å². The first kappa shape index (κ1) is 13.3. The molecule has 0 N–H and O–H groups in total. The van der Waals surface area contributed by atoms with Crippen molar-refractivity contribution in [3.8, 4) is 0 Å². The quantitative estimate of drug-likeness (QED) is 0.602. The van der Waals surface area contributed by atoms with Crippen LogP contribution < -0.4 is 4.90 Å². The van der Waals surface area contributed by atoms with Crippen molar-refractivity contribution < 1.29 is 4.92 Å². The van der Waals surface area contributed by atoms with Gasteiger partial charge in [-0.15, -0.1) is 0 Å². The van der Waals surface area contributed by atoms with Crippen LogP contribution in [-0.2, 0) is 5.41 Å². The molecule has 1 aliphatic heterocycles. The van der Waals surface area contributed by atoms with Crippen LogP contribution in [-0.4, -0.2) is 12.0 Å². The third-order valence-electron chi connectivity index (χ3n) is 3.71. The molecule has 4 heteroatoms. The maximum absolute atomic E-state index is 10.7. The van der Waals surface area contributed by atoms with E-state index in [1.54, 1.807) is 6.08 Å². The number of allylic oxidation sites excluding steroid dienone is 4. The molecular formula is C15H18N2O2. The Bertz CT molecular complexity index is 586. The number of benzene rings is 1. The minimum atomic E-state index is -0.369. The van der Waals surface area contributed by atoms with Crippen molar-refractivity contribution in [2.24, 2.45) is 0 Å². The first-order valence-electron chi connectivity index (χ1n) is 6.22. The number of nitro groups is 1. The van der Waals surface area contributed by atoms with Crippen molar-refractivity contribution in [1.29, 1.82) is 0 Å². The maximum Gasteiger partial charge on any atom is 0.243 e. The molecule has 1 heterocycles. The highest BCUT2D eigenvalue weighted by atomic mass is 16.6. The molecule has 0 saturated heterocycles. The number of rotatable bonds is 2. The Morgan fingerprint density at radius 1 is 1.37 bits per heavy atom. The predicted octanol–water partition coefficient (Wildman–Crippen LogP) is 3.48. The van der Waals surface area contributed by atoms with E-state index < -0.39 is 0 Å². The largest absolute Gasteiger partial charge is 0.347 e. The summed E-state index contributed by atoms with van der Waals surface area (Å²) in [5.74, 6) is 0. The Hall–Kier alpha value is -2.10. The van der Waals surface area contributed by atoms with Crippen molar-refractivity contribution in [3.63, 3.8) is 0 Å². The summed E-state index contributed by atoms with van der Waals surface area (Å²) in [6.45, 7) is 5.78. The fraction of sp³-hybridized carbons (Fsp3) is 0.333. The maximum atomic E-state index is 10.7. The summed E-state index contributed by atoms with van der Waals surface area (Å²) >= 11 is 0. The first-order chi connectivity index (χ1) is 8.85. The van der Waals surface area contributed by atoms with Gasteiger partial charge in [-0.2, -0.15) is 0 Å². The van der Waals surface area contributed by atoms with Gasteiger partial charge < -0.3 is 4.90 Å². The molecule has 4 nitrogen and oxygen atoms in total. The minimum Gasteiger partial charge on any atom is -0.347 e. The number of para-hydroxylation sites is 1. The van der Waals surface area contributed by atoms with Crippen LogP contribution >= 0.6 is 0 Å². The lowest BCUT2D eigenvalue weighted by atomic mass is 9.84. The van der Waals surface area contributed by atoms with Gasteiger partial charge in [0.25, 0.3) is 0 Å². The fourth-order valence-corrected chi connectivity index (χ4v) is 2.56. The third-order valence-corrected chi connectivity index (χ3v) is 3.71. The van der Waals surface area contributed by atoms with Crippen molar-refractivity contribution >= 4 is 5.69 Å². The second kappa shape index (κ2) is 4.53. The van der Waals surface area contributed by atoms with Crippen LogP contribution in [0.25, 0.3) is 0 Å². The fourth-order valence-electron chi connectivity index (χ4n) is 2.56. The Kier molecular flexibility index (Phi) is 3.18. The van der Waals surface area contributed by atoms with E-state index in [1.807, 2.05) is 25.3 Å². The molecular weight excluding hydrogens is 240 g/mol. The highest BCUT2D eigenvalue weighted by molar-refractivity contribution is 5.70. The molecule has 19 heavy (non-hydrogen) atoms. The molecule has 0 radical (unpaired) electrons. The van der Waals surface area contributed by atoms with E-state index >= 15 is 0 Å². The van der Waals surface area contributed by atoms with E-state index in [2.05, 4.69) is 30.9 Å². The van der Waals surface area contributed by atoms with E-state index in [0.717, 1.165) is 11.4 Å². The molecule has 0 aliphatic carbocycles. The summed E-state index contributed by atoms with van der Waals surface area (Å²) in [4.78, 5) is 12.4. The third kappa shape index (κ3) is 2.14. The number of anilines is 1. The SMILES string of the molecule is C/C(=C\C=C1\N(C)c2ccccc2C1(C)C)[N+](=O)[O-].